The second-order valence-electron chi connectivity index (χ2n) is 11.4. The van der Waals surface area contributed by atoms with Gasteiger partial charge in [0.1, 0.15) is 30.0 Å². The third-order valence-electron chi connectivity index (χ3n) is 7.29. The minimum atomic E-state index is -1.92. The lowest BCUT2D eigenvalue weighted by molar-refractivity contribution is -0.147. The summed E-state index contributed by atoms with van der Waals surface area (Å²) >= 11 is 0. The van der Waals surface area contributed by atoms with Crippen molar-refractivity contribution in [3.8, 4) is 11.5 Å². The molecule has 1 rings (SSSR count). The van der Waals surface area contributed by atoms with Crippen LogP contribution in [0.5, 0.6) is 11.5 Å². The summed E-state index contributed by atoms with van der Waals surface area (Å²) in [4.78, 5) is 49.6. The fraction of sp³-hybridized carbons (Fsp3) is 0.677. The first kappa shape index (κ1) is 37.5. The van der Waals surface area contributed by atoms with E-state index in [0.717, 1.165) is 12.8 Å². The van der Waals surface area contributed by atoms with E-state index in [-0.39, 0.29) is 23.8 Å². The first-order valence-corrected chi connectivity index (χ1v) is 14.8. The molecule has 12 heteroatoms. The molecule has 1 aromatic rings. The Morgan fingerprint density at radius 3 is 1.70 bits per heavy atom. The summed E-state index contributed by atoms with van der Waals surface area (Å²) in [6, 6.07) is 4.17. The molecular weight excluding hydrogens is 562 g/mol. The monoisotopic (exact) mass is 611 g/mol. The fourth-order valence-corrected chi connectivity index (χ4v) is 4.07. The van der Waals surface area contributed by atoms with Crippen molar-refractivity contribution in [3.63, 3.8) is 0 Å². The molecule has 0 bridgehead atoms. The Morgan fingerprint density at radius 2 is 1.23 bits per heavy atom. The average Bonchev–Trinajstić information content (AvgIpc) is 2.89. The smallest absolute Gasteiger partial charge is 0.480 e. The molecule has 0 amide bonds. The molecule has 12 nitrogen and oxygen atoms in total. The molecule has 0 fully saturated rings. The van der Waals surface area contributed by atoms with E-state index >= 15 is 0 Å². The van der Waals surface area contributed by atoms with Crippen LogP contribution in [0.3, 0.4) is 0 Å². The number of aliphatic carboxylic acids is 1. The molecule has 0 saturated carbocycles. The lowest BCUT2D eigenvalue weighted by atomic mass is 9.78. The summed E-state index contributed by atoms with van der Waals surface area (Å²) in [5.41, 5.74) is 4.84. The SMILES string of the molecule is CCCC(C)OC(=O)Oc1ccc(C[C@](N)(C(=O)O)[C@H](C)[C@H](C)OC(=O)OC(C)C(C)C)cc1OC(=O)OC(C)CCC. The maximum atomic E-state index is 12.5. The number of hydrogen-bond donors (Lipinski definition) is 2. The molecule has 244 valence electrons. The molecular formula is C31H49NO11. The molecule has 0 aliphatic rings. The van der Waals surface area contributed by atoms with Gasteiger partial charge in [0.2, 0.25) is 0 Å². The van der Waals surface area contributed by atoms with E-state index in [4.69, 9.17) is 34.2 Å². The predicted octanol–water partition coefficient (Wildman–Crippen LogP) is 6.64. The molecule has 43 heavy (non-hydrogen) atoms. The van der Waals surface area contributed by atoms with Crippen LogP contribution in [0.15, 0.2) is 18.2 Å². The lowest BCUT2D eigenvalue weighted by Crippen LogP contribution is -2.58. The Labute approximate surface area is 254 Å². The van der Waals surface area contributed by atoms with Gasteiger partial charge in [-0.1, -0.05) is 53.5 Å². The number of rotatable bonds is 16. The highest BCUT2D eigenvalue weighted by molar-refractivity contribution is 5.80. The van der Waals surface area contributed by atoms with E-state index in [1.807, 2.05) is 27.7 Å². The van der Waals surface area contributed by atoms with E-state index in [0.29, 0.717) is 18.4 Å². The van der Waals surface area contributed by atoms with Crippen LogP contribution in [0.25, 0.3) is 0 Å². The molecule has 0 saturated heterocycles. The van der Waals surface area contributed by atoms with Gasteiger partial charge >= 0.3 is 24.4 Å². The lowest BCUT2D eigenvalue weighted by Gasteiger charge is -2.35. The Kier molecular flexibility index (Phi) is 15.3. The normalized spacial score (nSPS) is 16.1. The number of hydrogen-bond acceptors (Lipinski definition) is 11. The van der Waals surface area contributed by atoms with Crippen LogP contribution < -0.4 is 15.2 Å². The molecule has 0 aliphatic carbocycles. The van der Waals surface area contributed by atoms with E-state index in [2.05, 4.69) is 0 Å². The second kappa shape index (κ2) is 17.5. The van der Waals surface area contributed by atoms with Crippen molar-refractivity contribution < 1.29 is 52.7 Å². The van der Waals surface area contributed by atoms with Gasteiger partial charge in [-0.25, -0.2) is 14.4 Å². The number of ether oxygens (including phenoxy) is 6. The van der Waals surface area contributed by atoms with Crippen molar-refractivity contribution in [2.24, 2.45) is 17.6 Å². The molecule has 0 aromatic heterocycles. The zero-order chi connectivity index (χ0) is 32.9. The maximum absolute atomic E-state index is 12.5. The van der Waals surface area contributed by atoms with Crippen LogP contribution in [-0.4, -0.2) is 59.5 Å². The second-order valence-corrected chi connectivity index (χ2v) is 11.4. The third kappa shape index (κ3) is 12.3. The Balaban J connectivity index is 3.27. The van der Waals surface area contributed by atoms with Crippen molar-refractivity contribution in [2.75, 3.05) is 0 Å². The van der Waals surface area contributed by atoms with Gasteiger partial charge in [-0.05, 0) is 64.2 Å². The topological polar surface area (TPSA) is 170 Å². The molecule has 3 N–H and O–H groups in total. The molecule has 0 radical (unpaired) electrons. The number of benzene rings is 1. The summed E-state index contributed by atoms with van der Waals surface area (Å²) in [6.07, 6.45) is -2.56. The van der Waals surface area contributed by atoms with Gasteiger partial charge in [0.15, 0.2) is 11.5 Å². The standard InChI is InChI=1S/C31H49NO11/c1-10-12-19(5)38-28(35)42-25-15-14-24(16-26(25)43-29(36)39-20(6)13-11-2)17-31(32,27(33)34)21(7)23(9)41-30(37)40-22(8)18(3)4/h14-16,18-23H,10-13,17,32H2,1-9H3,(H,33,34)/t19?,20?,21-,22?,23+,31-/m1/s1. The molecule has 0 heterocycles. The van der Waals surface area contributed by atoms with E-state index in [9.17, 15) is 24.3 Å². The quantitative estimate of drug-likeness (QED) is 0.116. The van der Waals surface area contributed by atoms with Gasteiger partial charge in [-0.15, -0.1) is 0 Å². The summed E-state index contributed by atoms with van der Waals surface area (Å²) in [5.74, 6) is -2.50. The van der Waals surface area contributed by atoms with Crippen LogP contribution in [0.2, 0.25) is 0 Å². The van der Waals surface area contributed by atoms with E-state index in [1.165, 1.54) is 25.1 Å². The average molecular weight is 612 g/mol. The van der Waals surface area contributed by atoms with Crippen LogP contribution in [-0.2, 0) is 30.2 Å². The van der Waals surface area contributed by atoms with Gasteiger partial charge in [0, 0.05) is 12.3 Å². The van der Waals surface area contributed by atoms with Crippen molar-refractivity contribution in [1.82, 2.24) is 0 Å². The Morgan fingerprint density at radius 1 is 0.744 bits per heavy atom. The molecule has 6 atom stereocenters. The number of carboxylic acid groups (broad SMARTS) is 1. The largest absolute Gasteiger partial charge is 0.514 e. The van der Waals surface area contributed by atoms with Crippen molar-refractivity contribution in [1.29, 1.82) is 0 Å². The summed E-state index contributed by atoms with van der Waals surface area (Å²) in [7, 11) is 0. The number of nitrogens with two attached hydrogens (primary N) is 1. The highest BCUT2D eigenvalue weighted by Crippen LogP contribution is 2.33. The van der Waals surface area contributed by atoms with Crippen LogP contribution in [0.1, 0.15) is 93.6 Å². The highest BCUT2D eigenvalue weighted by Gasteiger charge is 2.44. The van der Waals surface area contributed by atoms with Crippen LogP contribution in [0.4, 0.5) is 14.4 Å². The van der Waals surface area contributed by atoms with Gasteiger partial charge < -0.3 is 39.3 Å². The van der Waals surface area contributed by atoms with Crippen LogP contribution in [0, 0.1) is 11.8 Å². The van der Waals surface area contributed by atoms with E-state index < -0.39 is 60.3 Å². The van der Waals surface area contributed by atoms with Gasteiger partial charge in [0.25, 0.3) is 0 Å². The minimum Gasteiger partial charge on any atom is -0.480 e. The first-order chi connectivity index (χ1) is 20.0. The Hall–Kier alpha value is -3.54. The summed E-state index contributed by atoms with van der Waals surface area (Å²) < 4.78 is 31.8. The number of carboxylic acids is 1. The summed E-state index contributed by atoms with van der Waals surface area (Å²) in [6.45, 7) is 15.9. The molecule has 0 aliphatic heterocycles. The van der Waals surface area contributed by atoms with Crippen LogP contribution >= 0.6 is 0 Å². The molecule has 1 aromatic carbocycles. The van der Waals surface area contributed by atoms with Gasteiger partial charge in [-0.3, -0.25) is 4.79 Å². The summed E-state index contributed by atoms with van der Waals surface area (Å²) in [5, 5.41) is 10.1. The van der Waals surface area contributed by atoms with Crippen molar-refractivity contribution in [2.45, 2.75) is 124 Å². The van der Waals surface area contributed by atoms with Gasteiger partial charge in [0.05, 0.1) is 0 Å². The van der Waals surface area contributed by atoms with E-state index in [1.54, 1.807) is 27.7 Å². The van der Waals surface area contributed by atoms with Gasteiger partial charge in [-0.2, -0.15) is 0 Å². The highest BCUT2D eigenvalue weighted by atomic mass is 16.8. The minimum absolute atomic E-state index is 0.0602. The number of carbonyl (C=O) groups is 4. The molecule has 0 spiro atoms. The third-order valence-corrected chi connectivity index (χ3v) is 7.29. The predicted molar refractivity (Wildman–Crippen MR) is 158 cm³/mol. The zero-order valence-electron chi connectivity index (χ0n) is 26.8. The first-order valence-electron chi connectivity index (χ1n) is 14.8. The fourth-order valence-electron chi connectivity index (χ4n) is 4.07. The molecule has 3 unspecified atom stereocenters. The van der Waals surface area contributed by atoms with Crippen molar-refractivity contribution in [3.05, 3.63) is 23.8 Å². The maximum Gasteiger partial charge on any atom is 0.514 e. The Bertz CT molecular complexity index is 1080. The van der Waals surface area contributed by atoms with Crippen molar-refractivity contribution >= 4 is 24.4 Å². The number of carbonyl (C=O) groups excluding carboxylic acids is 3. The zero-order valence-corrected chi connectivity index (χ0v) is 26.8.